The van der Waals surface area contributed by atoms with E-state index in [1.165, 1.54) is 0 Å². The third-order valence-electron chi connectivity index (χ3n) is 6.97. The van der Waals surface area contributed by atoms with Crippen molar-refractivity contribution >= 4 is 28.5 Å². The van der Waals surface area contributed by atoms with Crippen LogP contribution in [0.2, 0.25) is 5.02 Å². The zero-order valence-corrected chi connectivity index (χ0v) is 18.9. The maximum absolute atomic E-state index is 13.1. The molecule has 2 heterocycles. The number of hydrogen-bond acceptors (Lipinski definition) is 4. The topological polar surface area (TPSA) is 64.3 Å². The number of nitrogens with zero attached hydrogens (tertiary/aromatic N) is 3. The number of nitrogens with one attached hydrogen (secondary N) is 2. The Labute approximate surface area is 184 Å². The number of aromatic nitrogens is 2. The Kier molecular flexibility index (Phi) is 6.96. The largest absolute Gasteiger partial charge is 0.354 e. The molecule has 2 aliphatic rings. The summed E-state index contributed by atoms with van der Waals surface area (Å²) in [6.45, 7) is 10.7. The summed E-state index contributed by atoms with van der Waals surface area (Å²) in [4.78, 5) is 26.3. The van der Waals surface area contributed by atoms with E-state index < -0.39 is 0 Å². The molecular weight excluding hydrogens is 398 g/mol. The predicted octanol–water partition coefficient (Wildman–Crippen LogP) is 3.63. The van der Waals surface area contributed by atoms with Crippen LogP contribution in [0.15, 0.2) is 18.2 Å². The first-order valence-electron chi connectivity index (χ1n) is 11.4. The summed E-state index contributed by atoms with van der Waals surface area (Å²) in [5.74, 6) is 1.24. The van der Waals surface area contributed by atoms with Crippen LogP contribution in [0.5, 0.6) is 0 Å². The molecule has 1 aromatic carbocycles. The number of carbonyl (C=O) groups excluding carboxylic acids is 1. The summed E-state index contributed by atoms with van der Waals surface area (Å²) >= 11 is 6.13. The highest BCUT2D eigenvalue weighted by molar-refractivity contribution is 6.31. The SMILES string of the molecule is CCN1CCN(C(C)CNC(=O)C2CCCCC2c2nc3ccc(Cl)cc3[nH]2)CC1. The van der Waals surface area contributed by atoms with Gasteiger partial charge in [-0.2, -0.15) is 0 Å². The van der Waals surface area contributed by atoms with Crippen LogP contribution < -0.4 is 5.32 Å². The molecule has 30 heavy (non-hydrogen) atoms. The number of rotatable bonds is 6. The predicted molar refractivity (Wildman–Crippen MR) is 122 cm³/mol. The Bertz CT molecular complexity index is 860. The number of carbonyl (C=O) groups is 1. The van der Waals surface area contributed by atoms with Crippen LogP contribution in [0.3, 0.4) is 0 Å². The molecule has 3 atom stereocenters. The van der Waals surface area contributed by atoms with E-state index in [0.29, 0.717) is 17.6 Å². The third-order valence-corrected chi connectivity index (χ3v) is 7.20. The van der Waals surface area contributed by atoms with Crippen molar-refractivity contribution in [2.24, 2.45) is 5.92 Å². The molecular formula is C23H34ClN5O. The smallest absolute Gasteiger partial charge is 0.223 e. The normalized spacial score (nSPS) is 24.8. The number of amides is 1. The van der Waals surface area contributed by atoms with Crippen molar-refractivity contribution in [2.75, 3.05) is 39.3 Å². The van der Waals surface area contributed by atoms with Crippen molar-refractivity contribution in [3.05, 3.63) is 29.0 Å². The first-order chi connectivity index (χ1) is 14.5. The van der Waals surface area contributed by atoms with Gasteiger partial charge in [0.05, 0.1) is 11.0 Å². The van der Waals surface area contributed by atoms with E-state index in [0.717, 1.165) is 75.3 Å². The van der Waals surface area contributed by atoms with Crippen LogP contribution in [0, 0.1) is 5.92 Å². The molecule has 3 unspecified atom stereocenters. The van der Waals surface area contributed by atoms with E-state index in [1.807, 2.05) is 18.2 Å². The lowest BCUT2D eigenvalue weighted by Crippen LogP contribution is -2.52. The number of hydrogen-bond donors (Lipinski definition) is 2. The minimum absolute atomic E-state index is 0.0149. The molecule has 2 fully saturated rings. The molecule has 164 valence electrons. The van der Waals surface area contributed by atoms with Crippen LogP contribution in [0.25, 0.3) is 11.0 Å². The number of piperazine rings is 1. The summed E-state index contributed by atoms with van der Waals surface area (Å²) in [5.41, 5.74) is 1.86. The summed E-state index contributed by atoms with van der Waals surface area (Å²) in [5, 5.41) is 3.96. The Morgan fingerprint density at radius 1 is 1.27 bits per heavy atom. The number of H-pyrrole nitrogens is 1. The average molecular weight is 432 g/mol. The van der Waals surface area contributed by atoms with Gasteiger partial charge in [-0.1, -0.05) is 31.4 Å². The molecule has 1 aromatic heterocycles. The fraction of sp³-hybridized carbons (Fsp3) is 0.652. The zero-order valence-electron chi connectivity index (χ0n) is 18.2. The van der Waals surface area contributed by atoms with Crippen molar-refractivity contribution in [3.63, 3.8) is 0 Å². The first-order valence-corrected chi connectivity index (χ1v) is 11.8. The number of halogens is 1. The molecule has 7 heteroatoms. The van der Waals surface area contributed by atoms with E-state index in [1.54, 1.807) is 0 Å². The molecule has 0 bridgehead atoms. The molecule has 1 aliphatic carbocycles. The number of imidazole rings is 1. The second-order valence-corrected chi connectivity index (χ2v) is 9.28. The lowest BCUT2D eigenvalue weighted by Gasteiger charge is -2.38. The van der Waals surface area contributed by atoms with Gasteiger partial charge in [-0.15, -0.1) is 0 Å². The molecule has 0 radical (unpaired) electrons. The van der Waals surface area contributed by atoms with Gasteiger partial charge in [0.1, 0.15) is 5.82 Å². The minimum atomic E-state index is -0.0149. The highest BCUT2D eigenvalue weighted by Crippen LogP contribution is 2.37. The lowest BCUT2D eigenvalue weighted by molar-refractivity contribution is -0.126. The average Bonchev–Trinajstić information content (AvgIpc) is 3.20. The first kappa shape index (κ1) is 21.6. The summed E-state index contributed by atoms with van der Waals surface area (Å²) < 4.78 is 0. The Balaban J connectivity index is 1.38. The van der Waals surface area contributed by atoms with E-state index in [4.69, 9.17) is 16.6 Å². The fourth-order valence-electron chi connectivity index (χ4n) is 4.98. The van der Waals surface area contributed by atoms with Gasteiger partial charge in [-0.3, -0.25) is 9.69 Å². The van der Waals surface area contributed by atoms with Gasteiger partial charge < -0.3 is 15.2 Å². The van der Waals surface area contributed by atoms with Crippen molar-refractivity contribution < 1.29 is 4.79 Å². The van der Waals surface area contributed by atoms with Crippen LogP contribution in [-0.2, 0) is 4.79 Å². The molecule has 0 spiro atoms. The van der Waals surface area contributed by atoms with E-state index in [2.05, 4.69) is 33.9 Å². The Hall–Kier alpha value is -1.63. The molecule has 1 aliphatic heterocycles. The molecule has 4 rings (SSSR count). The third kappa shape index (κ3) is 4.82. The molecule has 6 nitrogen and oxygen atoms in total. The Morgan fingerprint density at radius 2 is 2.03 bits per heavy atom. The lowest BCUT2D eigenvalue weighted by atomic mass is 9.78. The summed E-state index contributed by atoms with van der Waals surface area (Å²) in [6, 6.07) is 6.07. The highest BCUT2D eigenvalue weighted by Gasteiger charge is 2.34. The van der Waals surface area contributed by atoms with E-state index in [9.17, 15) is 4.79 Å². The van der Waals surface area contributed by atoms with Gasteiger partial charge in [0.2, 0.25) is 5.91 Å². The van der Waals surface area contributed by atoms with Crippen molar-refractivity contribution in [2.45, 2.75) is 51.5 Å². The van der Waals surface area contributed by atoms with Gasteiger partial charge in [0, 0.05) is 55.6 Å². The molecule has 1 saturated carbocycles. The van der Waals surface area contributed by atoms with Gasteiger partial charge in [0.25, 0.3) is 0 Å². The number of fused-ring (bicyclic) bond motifs is 1. The van der Waals surface area contributed by atoms with Crippen LogP contribution in [0.4, 0.5) is 0 Å². The Morgan fingerprint density at radius 3 is 2.80 bits per heavy atom. The van der Waals surface area contributed by atoms with Gasteiger partial charge in [-0.25, -0.2) is 4.98 Å². The van der Waals surface area contributed by atoms with Crippen LogP contribution in [-0.4, -0.2) is 71.0 Å². The number of aromatic amines is 1. The maximum Gasteiger partial charge on any atom is 0.223 e. The zero-order chi connectivity index (χ0) is 21.1. The quantitative estimate of drug-likeness (QED) is 0.733. The molecule has 1 amide bonds. The second kappa shape index (κ2) is 9.67. The van der Waals surface area contributed by atoms with Crippen molar-refractivity contribution in [3.8, 4) is 0 Å². The standard InChI is InChI=1S/C23H34ClN5O/c1-3-28-10-12-29(13-11-28)16(2)15-25-23(30)19-7-5-4-6-18(19)22-26-20-9-8-17(24)14-21(20)27-22/h8-9,14,16,18-19H,3-7,10-13,15H2,1-2H3,(H,25,30)(H,26,27). The fourth-order valence-corrected chi connectivity index (χ4v) is 5.15. The van der Waals surface area contributed by atoms with Crippen LogP contribution in [0.1, 0.15) is 51.3 Å². The monoisotopic (exact) mass is 431 g/mol. The van der Waals surface area contributed by atoms with Crippen LogP contribution >= 0.6 is 11.6 Å². The number of benzene rings is 1. The van der Waals surface area contributed by atoms with Gasteiger partial charge in [0.15, 0.2) is 0 Å². The van der Waals surface area contributed by atoms with E-state index >= 15 is 0 Å². The summed E-state index contributed by atoms with van der Waals surface area (Å²) in [7, 11) is 0. The highest BCUT2D eigenvalue weighted by atomic mass is 35.5. The minimum Gasteiger partial charge on any atom is -0.354 e. The maximum atomic E-state index is 13.1. The van der Waals surface area contributed by atoms with E-state index in [-0.39, 0.29) is 17.7 Å². The van der Waals surface area contributed by atoms with Gasteiger partial charge >= 0.3 is 0 Å². The molecule has 2 N–H and O–H groups in total. The summed E-state index contributed by atoms with van der Waals surface area (Å²) in [6.07, 6.45) is 4.18. The number of likely N-dealkylation sites (N-methyl/N-ethyl adjacent to an activating group) is 1. The van der Waals surface area contributed by atoms with Crippen molar-refractivity contribution in [1.82, 2.24) is 25.1 Å². The van der Waals surface area contributed by atoms with Crippen molar-refractivity contribution in [1.29, 1.82) is 0 Å². The second-order valence-electron chi connectivity index (χ2n) is 8.85. The van der Waals surface area contributed by atoms with Gasteiger partial charge in [-0.05, 0) is 44.5 Å². The molecule has 1 saturated heterocycles. The molecule has 2 aromatic rings.